The lowest BCUT2D eigenvalue weighted by Crippen LogP contribution is -2.05. The number of methoxy groups -OCH3 is 1. The van der Waals surface area contributed by atoms with E-state index in [9.17, 15) is 14.5 Å². The molecule has 0 fully saturated rings. The molecule has 1 heterocycles. The molecule has 3 rings (SSSR count). The Balaban J connectivity index is 1.91. The first-order valence-electron chi connectivity index (χ1n) is 8.13. The predicted octanol–water partition coefficient (Wildman–Crippen LogP) is 3.74. The van der Waals surface area contributed by atoms with Crippen LogP contribution in [0.4, 0.5) is 21.5 Å². The fourth-order valence-electron chi connectivity index (χ4n) is 2.76. The number of ether oxygens (including phenoxy) is 1. The number of hydrogen-bond acceptors (Lipinski definition) is 6. The van der Waals surface area contributed by atoms with Crippen molar-refractivity contribution in [3.8, 4) is 5.75 Å². The quantitative estimate of drug-likeness (QED) is 0.524. The molecule has 0 saturated carbocycles. The topological polar surface area (TPSA) is 95.1 Å². The van der Waals surface area contributed by atoms with Gasteiger partial charge in [-0.15, -0.1) is 0 Å². The minimum atomic E-state index is -0.966. The molecule has 0 spiro atoms. The Morgan fingerprint density at radius 2 is 2.07 bits per heavy atom. The largest absolute Gasteiger partial charge is 0.497 e. The van der Waals surface area contributed by atoms with Crippen LogP contribution in [-0.4, -0.2) is 26.8 Å². The van der Waals surface area contributed by atoms with Gasteiger partial charge in [0.1, 0.15) is 23.1 Å². The van der Waals surface area contributed by atoms with Crippen LogP contribution in [0.1, 0.15) is 17.2 Å². The summed E-state index contributed by atoms with van der Waals surface area (Å²) in [5.41, 5.74) is 0.877. The first kappa shape index (κ1) is 18.3. The van der Waals surface area contributed by atoms with Crippen molar-refractivity contribution in [3.63, 3.8) is 0 Å². The molecule has 0 atom stereocenters. The summed E-state index contributed by atoms with van der Waals surface area (Å²) >= 11 is 0. The van der Waals surface area contributed by atoms with E-state index in [2.05, 4.69) is 15.4 Å². The van der Waals surface area contributed by atoms with Gasteiger partial charge in [-0.25, -0.2) is 9.67 Å². The summed E-state index contributed by atoms with van der Waals surface area (Å²) in [5.74, 6) is 0.692. The number of aryl methyl sites for hydroxylation is 2. The molecule has 3 aromatic rings. The molecule has 0 saturated heterocycles. The maximum absolute atomic E-state index is 14.1. The summed E-state index contributed by atoms with van der Waals surface area (Å²) in [6, 6.07) is 9.64. The zero-order valence-electron chi connectivity index (χ0n) is 15.1. The number of hydrogen-bond donors (Lipinski definition) is 1. The Morgan fingerprint density at radius 3 is 2.70 bits per heavy atom. The van der Waals surface area contributed by atoms with Gasteiger partial charge in [0.15, 0.2) is 0 Å². The number of nitrogens with zero attached hydrogens (tertiary/aromatic N) is 4. The van der Waals surface area contributed by atoms with Crippen molar-refractivity contribution in [2.45, 2.75) is 20.4 Å². The molecule has 1 aromatic heterocycles. The highest BCUT2D eigenvalue weighted by molar-refractivity contribution is 5.72. The lowest BCUT2D eigenvalue weighted by molar-refractivity contribution is -0.386. The summed E-state index contributed by atoms with van der Waals surface area (Å²) in [7, 11) is 1.37. The van der Waals surface area contributed by atoms with E-state index in [0.29, 0.717) is 18.1 Å². The van der Waals surface area contributed by atoms with Gasteiger partial charge in [0, 0.05) is 17.8 Å². The number of nitro groups is 1. The predicted molar refractivity (Wildman–Crippen MR) is 97.9 cm³/mol. The van der Waals surface area contributed by atoms with Gasteiger partial charge in [-0.3, -0.25) is 10.1 Å². The van der Waals surface area contributed by atoms with Crippen LogP contribution in [0.15, 0.2) is 36.4 Å². The zero-order chi connectivity index (χ0) is 19.6. The molecule has 0 radical (unpaired) electrons. The van der Waals surface area contributed by atoms with Crippen molar-refractivity contribution < 1.29 is 14.1 Å². The molecule has 1 N–H and O–H groups in total. The van der Waals surface area contributed by atoms with Crippen LogP contribution < -0.4 is 10.1 Å². The third-order valence-electron chi connectivity index (χ3n) is 3.96. The van der Waals surface area contributed by atoms with Gasteiger partial charge in [-0.1, -0.05) is 12.1 Å². The van der Waals surface area contributed by atoms with Crippen LogP contribution in [-0.2, 0) is 6.54 Å². The molecule has 9 heteroatoms. The number of benzene rings is 2. The average Bonchev–Trinajstić information content (AvgIpc) is 2.91. The van der Waals surface area contributed by atoms with Crippen molar-refractivity contribution in [1.29, 1.82) is 0 Å². The highest BCUT2D eigenvalue weighted by atomic mass is 19.1. The van der Waals surface area contributed by atoms with Crippen LogP contribution in [0.25, 0.3) is 0 Å². The van der Waals surface area contributed by atoms with E-state index in [1.807, 2.05) is 26.0 Å². The normalized spacial score (nSPS) is 10.7. The standard InChI is InChI=1S/C18H18FN5O3/c1-11-20-12(2)23(22-11)10-13-5-4-6-14(7-13)21-17-9-15(27-3)8-16(19)18(17)24(25)26/h4-9,21H,10H2,1-3H3. The zero-order valence-corrected chi connectivity index (χ0v) is 15.1. The van der Waals surface area contributed by atoms with Crippen molar-refractivity contribution >= 4 is 17.1 Å². The Hall–Kier alpha value is -3.49. The molecule has 0 aliphatic carbocycles. The van der Waals surface area contributed by atoms with Crippen molar-refractivity contribution in [2.75, 3.05) is 12.4 Å². The number of nitro benzene ring substituents is 1. The Labute approximate surface area is 154 Å². The maximum Gasteiger partial charge on any atom is 0.328 e. The van der Waals surface area contributed by atoms with Gasteiger partial charge in [0.05, 0.1) is 18.6 Å². The van der Waals surface area contributed by atoms with E-state index >= 15 is 0 Å². The van der Waals surface area contributed by atoms with E-state index in [1.54, 1.807) is 16.8 Å². The Bertz CT molecular complexity index is 1000. The van der Waals surface area contributed by atoms with Gasteiger partial charge in [-0.2, -0.15) is 9.49 Å². The highest BCUT2D eigenvalue weighted by Crippen LogP contribution is 2.34. The molecular formula is C18H18FN5O3. The second-order valence-electron chi connectivity index (χ2n) is 5.95. The lowest BCUT2D eigenvalue weighted by Gasteiger charge is -2.11. The van der Waals surface area contributed by atoms with E-state index < -0.39 is 16.4 Å². The van der Waals surface area contributed by atoms with E-state index in [1.165, 1.54) is 13.2 Å². The molecular weight excluding hydrogens is 353 g/mol. The summed E-state index contributed by atoms with van der Waals surface area (Å²) < 4.78 is 20.9. The average molecular weight is 371 g/mol. The number of anilines is 2. The third kappa shape index (κ3) is 4.02. The molecule has 0 bridgehead atoms. The molecule has 0 aliphatic rings. The van der Waals surface area contributed by atoms with Crippen molar-refractivity contribution in [3.05, 3.63) is 69.5 Å². The van der Waals surface area contributed by atoms with Crippen molar-refractivity contribution in [1.82, 2.24) is 14.8 Å². The molecule has 140 valence electrons. The Morgan fingerprint density at radius 1 is 1.30 bits per heavy atom. The fraction of sp³-hybridized carbons (Fsp3) is 0.222. The minimum absolute atomic E-state index is 0.0155. The van der Waals surface area contributed by atoms with E-state index in [4.69, 9.17) is 4.74 Å². The van der Waals surface area contributed by atoms with Crippen LogP contribution in [0, 0.1) is 29.8 Å². The second kappa shape index (κ2) is 7.40. The summed E-state index contributed by atoms with van der Waals surface area (Å²) in [5, 5.41) is 18.5. The van der Waals surface area contributed by atoms with Crippen LogP contribution in [0.5, 0.6) is 5.75 Å². The first-order chi connectivity index (χ1) is 12.9. The molecule has 0 amide bonds. The molecule has 27 heavy (non-hydrogen) atoms. The monoisotopic (exact) mass is 371 g/mol. The molecule has 2 aromatic carbocycles. The SMILES string of the molecule is COc1cc(F)c([N+](=O)[O-])c(Nc2cccc(Cn3nc(C)nc3C)c2)c1. The summed E-state index contributed by atoms with van der Waals surface area (Å²) in [6.45, 7) is 4.18. The van der Waals surface area contributed by atoms with Crippen LogP contribution >= 0.6 is 0 Å². The Kier molecular flexibility index (Phi) is 5.02. The van der Waals surface area contributed by atoms with E-state index in [0.717, 1.165) is 17.5 Å². The summed E-state index contributed by atoms with van der Waals surface area (Å²) in [4.78, 5) is 14.7. The van der Waals surface area contributed by atoms with Gasteiger partial charge >= 0.3 is 5.69 Å². The molecule has 0 unspecified atom stereocenters. The second-order valence-corrected chi connectivity index (χ2v) is 5.95. The van der Waals surface area contributed by atoms with Crippen molar-refractivity contribution in [2.24, 2.45) is 0 Å². The molecule has 8 nitrogen and oxygen atoms in total. The number of rotatable bonds is 6. The lowest BCUT2D eigenvalue weighted by atomic mass is 10.1. The van der Waals surface area contributed by atoms with Gasteiger partial charge in [0.25, 0.3) is 0 Å². The fourth-order valence-corrected chi connectivity index (χ4v) is 2.76. The van der Waals surface area contributed by atoms with Gasteiger partial charge < -0.3 is 10.1 Å². The van der Waals surface area contributed by atoms with Crippen LogP contribution in [0.2, 0.25) is 0 Å². The molecule has 0 aliphatic heterocycles. The van der Waals surface area contributed by atoms with Gasteiger partial charge in [-0.05, 0) is 31.5 Å². The maximum atomic E-state index is 14.1. The minimum Gasteiger partial charge on any atom is -0.497 e. The summed E-state index contributed by atoms with van der Waals surface area (Å²) in [6.07, 6.45) is 0. The van der Waals surface area contributed by atoms with Gasteiger partial charge in [0.2, 0.25) is 5.82 Å². The first-order valence-corrected chi connectivity index (χ1v) is 8.13. The van der Waals surface area contributed by atoms with Crippen LogP contribution in [0.3, 0.4) is 0 Å². The number of aromatic nitrogens is 3. The highest BCUT2D eigenvalue weighted by Gasteiger charge is 2.22. The smallest absolute Gasteiger partial charge is 0.328 e. The number of nitrogens with one attached hydrogen (secondary N) is 1. The number of halogens is 1. The third-order valence-corrected chi connectivity index (χ3v) is 3.96. The van der Waals surface area contributed by atoms with E-state index in [-0.39, 0.29) is 11.4 Å².